The summed E-state index contributed by atoms with van der Waals surface area (Å²) in [6.07, 6.45) is 0. The molecule has 1 aromatic rings. The van der Waals surface area contributed by atoms with Crippen molar-refractivity contribution in [3.63, 3.8) is 0 Å². The number of phenolic OH excluding ortho intramolecular Hbond substituents is 1. The molecule has 0 saturated carbocycles. The number of hydrogen-bond donors (Lipinski definition) is 4. The Hall–Kier alpha value is -1.46. The van der Waals surface area contributed by atoms with E-state index in [0.29, 0.717) is 5.69 Å². The summed E-state index contributed by atoms with van der Waals surface area (Å²) in [6, 6.07) is 3.99. The molecule has 0 spiro atoms. The molecule has 5 nitrogen and oxygen atoms in total. The van der Waals surface area contributed by atoms with Gasteiger partial charge in [0.25, 0.3) is 5.91 Å². The molecule has 1 aromatic carbocycles. The van der Waals surface area contributed by atoms with Crippen molar-refractivity contribution in [2.24, 2.45) is 0 Å². The molecule has 0 aromatic heterocycles. The number of carbonyl (C=O) groups excluding carboxylic acids is 1. The van der Waals surface area contributed by atoms with Gasteiger partial charge in [0.15, 0.2) is 0 Å². The second-order valence-electron chi connectivity index (χ2n) is 2.22. The number of nitrogens with two attached hydrogens (primary N) is 1. The number of amides is 1. The van der Waals surface area contributed by atoms with Crippen LogP contribution in [0, 0.1) is 0 Å². The standard InChI is InChI=1S/C7H8N2O3.ClH/c8-4-1-2-5(6(10)3-4)7(11)9-12;/h1-3,10,12H,8H2,(H,9,11);1H. The number of benzene rings is 1. The first-order valence-corrected chi connectivity index (χ1v) is 3.18. The number of nitrogens with one attached hydrogen (secondary N) is 1. The normalized spacial score (nSPS) is 8.69. The maximum atomic E-state index is 10.8. The van der Waals surface area contributed by atoms with Crippen LogP contribution in [0.3, 0.4) is 0 Å². The smallest absolute Gasteiger partial charge is 0.278 e. The van der Waals surface area contributed by atoms with Gasteiger partial charge in [-0.3, -0.25) is 10.0 Å². The number of hydroxylamine groups is 1. The molecule has 1 rings (SSSR count). The highest BCUT2D eigenvalue weighted by Crippen LogP contribution is 2.19. The van der Waals surface area contributed by atoms with Crippen LogP contribution in [0.4, 0.5) is 5.69 Å². The van der Waals surface area contributed by atoms with E-state index in [1.807, 2.05) is 0 Å². The Bertz CT molecular complexity index is 317. The summed E-state index contributed by atoms with van der Waals surface area (Å²) in [5.74, 6) is -1.03. The SMILES string of the molecule is Cl.Nc1ccc(C(=O)NO)c(O)c1. The highest BCUT2D eigenvalue weighted by Gasteiger charge is 2.08. The van der Waals surface area contributed by atoms with Crippen molar-refractivity contribution < 1.29 is 15.1 Å². The molecular weight excluding hydrogens is 196 g/mol. The number of nitrogen functional groups attached to an aromatic ring is 1. The van der Waals surface area contributed by atoms with Gasteiger partial charge in [-0.15, -0.1) is 12.4 Å². The average molecular weight is 205 g/mol. The Kier molecular flexibility index (Phi) is 4.03. The van der Waals surface area contributed by atoms with Crippen molar-refractivity contribution >= 4 is 24.0 Å². The molecule has 6 heteroatoms. The zero-order chi connectivity index (χ0) is 9.14. The number of phenols is 1. The van der Waals surface area contributed by atoms with Crippen LogP contribution >= 0.6 is 12.4 Å². The van der Waals surface area contributed by atoms with E-state index in [2.05, 4.69) is 0 Å². The first-order chi connectivity index (χ1) is 5.65. The maximum absolute atomic E-state index is 10.8. The van der Waals surface area contributed by atoms with Crippen LogP contribution in [-0.4, -0.2) is 16.2 Å². The molecule has 0 atom stereocenters. The lowest BCUT2D eigenvalue weighted by molar-refractivity contribution is 0.0703. The maximum Gasteiger partial charge on any atom is 0.278 e. The lowest BCUT2D eigenvalue weighted by Gasteiger charge is -2.02. The van der Waals surface area contributed by atoms with Gasteiger partial charge in [0.1, 0.15) is 5.75 Å². The Morgan fingerprint density at radius 1 is 1.46 bits per heavy atom. The number of hydrogen-bond acceptors (Lipinski definition) is 4. The summed E-state index contributed by atoms with van der Waals surface area (Å²) in [4.78, 5) is 10.8. The topological polar surface area (TPSA) is 95.6 Å². The molecule has 0 heterocycles. The van der Waals surface area contributed by atoms with E-state index in [-0.39, 0.29) is 23.7 Å². The van der Waals surface area contributed by atoms with Gasteiger partial charge >= 0.3 is 0 Å². The van der Waals surface area contributed by atoms with Gasteiger partial charge < -0.3 is 10.8 Å². The second kappa shape index (κ2) is 4.54. The zero-order valence-corrected chi connectivity index (χ0v) is 7.34. The number of aromatic hydroxyl groups is 1. The van der Waals surface area contributed by atoms with E-state index in [1.54, 1.807) is 0 Å². The van der Waals surface area contributed by atoms with E-state index in [9.17, 15) is 4.79 Å². The fraction of sp³-hybridized carbons (Fsp3) is 0. The van der Waals surface area contributed by atoms with Crippen molar-refractivity contribution in [3.05, 3.63) is 23.8 Å². The van der Waals surface area contributed by atoms with Crippen LogP contribution in [0.2, 0.25) is 0 Å². The van der Waals surface area contributed by atoms with Crippen LogP contribution < -0.4 is 11.2 Å². The van der Waals surface area contributed by atoms with Gasteiger partial charge in [0, 0.05) is 11.8 Å². The van der Waals surface area contributed by atoms with Crippen LogP contribution in [0.1, 0.15) is 10.4 Å². The van der Waals surface area contributed by atoms with Crippen molar-refractivity contribution in [1.82, 2.24) is 5.48 Å². The summed E-state index contributed by atoms with van der Waals surface area (Å²) in [7, 11) is 0. The van der Waals surface area contributed by atoms with Crippen molar-refractivity contribution in [3.8, 4) is 5.75 Å². The monoisotopic (exact) mass is 204 g/mol. The van der Waals surface area contributed by atoms with Crippen LogP contribution in [-0.2, 0) is 0 Å². The number of halogens is 1. The number of carbonyl (C=O) groups is 1. The predicted molar refractivity (Wildman–Crippen MR) is 49.0 cm³/mol. The third-order valence-corrected chi connectivity index (χ3v) is 1.37. The number of rotatable bonds is 1. The Labute approximate surface area is 80.5 Å². The van der Waals surface area contributed by atoms with Crippen molar-refractivity contribution in [2.75, 3.05) is 5.73 Å². The largest absolute Gasteiger partial charge is 0.507 e. The third kappa shape index (κ3) is 2.50. The Morgan fingerprint density at radius 2 is 2.08 bits per heavy atom. The highest BCUT2D eigenvalue weighted by molar-refractivity contribution is 5.96. The van der Waals surface area contributed by atoms with Gasteiger partial charge in [0.2, 0.25) is 0 Å². The van der Waals surface area contributed by atoms with Crippen molar-refractivity contribution in [2.45, 2.75) is 0 Å². The molecule has 0 aliphatic carbocycles. The zero-order valence-electron chi connectivity index (χ0n) is 6.52. The molecule has 0 radical (unpaired) electrons. The molecule has 72 valence electrons. The van der Waals surface area contributed by atoms with Gasteiger partial charge in [-0.25, -0.2) is 5.48 Å². The summed E-state index contributed by atoms with van der Waals surface area (Å²) in [5, 5.41) is 17.4. The molecule has 0 fully saturated rings. The average Bonchev–Trinajstić information content (AvgIpc) is 2.03. The molecule has 1 amide bonds. The molecule has 0 aliphatic rings. The molecule has 5 N–H and O–H groups in total. The summed E-state index contributed by atoms with van der Waals surface area (Å²) >= 11 is 0. The minimum absolute atomic E-state index is 0. The molecule has 0 aliphatic heterocycles. The van der Waals surface area contributed by atoms with Gasteiger partial charge in [-0.2, -0.15) is 0 Å². The van der Waals surface area contributed by atoms with Crippen LogP contribution in [0.15, 0.2) is 18.2 Å². The Morgan fingerprint density at radius 3 is 2.54 bits per heavy atom. The van der Waals surface area contributed by atoms with E-state index >= 15 is 0 Å². The minimum atomic E-state index is -0.771. The van der Waals surface area contributed by atoms with Crippen LogP contribution in [0.5, 0.6) is 5.75 Å². The fourth-order valence-electron chi connectivity index (χ4n) is 0.801. The fourth-order valence-corrected chi connectivity index (χ4v) is 0.801. The first-order valence-electron chi connectivity index (χ1n) is 3.18. The van der Waals surface area contributed by atoms with E-state index in [0.717, 1.165) is 0 Å². The molecule has 0 unspecified atom stereocenters. The third-order valence-electron chi connectivity index (χ3n) is 1.37. The van der Waals surface area contributed by atoms with E-state index in [4.69, 9.17) is 16.0 Å². The number of anilines is 1. The molecule has 0 bridgehead atoms. The van der Waals surface area contributed by atoms with Gasteiger partial charge in [-0.1, -0.05) is 0 Å². The first kappa shape index (κ1) is 11.5. The van der Waals surface area contributed by atoms with Crippen molar-refractivity contribution in [1.29, 1.82) is 0 Å². The molecular formula is C7H9ClN2O3. The lowest BCUT2D eigenvalue weighted by Crippen LogP contribution is -2.18. The molecule has 0 saturated heterocycles. The minimum Gasteiger partial charge on any atom is -0.507 e. The Balaban J connectivity index is 0.00000144. The van der Waals surface area contributed by atoms with Gasteiger partial charge in [0.05, 0.1) is 5.56 Å². The van der Waals surface area contributed by atoms with E-state index in [1.165, 1.54) is 23.7 Å². The quantitative estimate of drug-likeness (QED) is 0.305. The van der Waals surface area contributed by atoms with Gasteiger partial charge in [-0.05, 0) is 12.1 Å². The summed E-state index contributed by atoms with van der Waals surface area (Å²) in [5.41, 5.74) is 7.04. The van der Waals surface area contributed by atoms with Crippen LogP contribution in [0.25, 0.3) is 0 Å². The van der Waals surface area contributed by atoms with E-state index < -0.39 is 5.91 Å². The predicted octanol–water partition coefficient (Wildman–Crippen LogP) is 0.515. The summed E-state index contributed by atoms with van der Waals surface area (Å²) < 4.78 is 0. The second-order valence-corrected chi connectivity index (χ2v) is 2.22. The lowest BCUT2D eigenvalue weighted by atomic mass is 10.2. The summed E-state index contributed by atoms with van der Waals surface area (Å²) in [6.45, 7) is 0. The molecule has 13 heavy (non-hydrogen) atoms. The highest BCUT2D eigenvalue weighted by atomic mass is 35.5.